The van der Waals surface area contributed by atoms with Crippen LogP contribution in [0.3, 0.4) is 0 Å². The van der Waals surface area contributed by atoms with Gasteiger partial charge in [-0.1, -0.05) is 0 Å². The minimum atomic E-state index is -4.66. The van der Waals surface area contributed by atoms with Crippen LogP contribution in [-0.2, 0) is 25.2 Å². The van der Waals surface area contributed by atoms with Gasteiger partial charge in [0.25, 0.3) is 0 Å². The second-order valence-electron chi connectivity index (χ2n) is 3.76. The molecule has 0 N–H and O–H groups in total. The molecule has 1 aromatic rings. The molecule has 6 nitrogen and oxygen atoms in total. The summed E-state index contributed by atoms with van der Waals surface area (Å²) in [7, 11) is 0. The van der Waals surface area contributed by atoms with E-state index in [1.165, 1.54) is 13.8 Å². The molecule has 9 heteroatoms. The van der Waals surface area contributed by atoms with Gasteiger partial charge in [0.2, 0.25) is 0 Å². The van der Waals surface area contributed by atoms with Crippen LogP contribution in [0.2, 0.25) is 0 Å². The van der Waals surface area contributed by atoms with Crippen LogP contribution in [0.4, 0.5) is 13.2 Å². The molecule has 0 radical (unpaired) electrons. The Balaban J connectivity index is 3.08. The molecular formula is C12H13F3N2O4. The molecule has 0 atom stereocenters. The molecule has 1 heterocycles. The fourth-order valence-electron chi connectivity index (χ4n) is 1.42. The SMILES string of the molecule is CCOC(=O)C(C(=O)OCC)c1cnc(C(F)(F)F)cn1. The number of carbonyl (C=O) groups excluding carboxylic acids is 2. The molecule has 116 valence electrons. The van der Waals surface area contributed by atoms with Crippen molar-refractivity contribution >= 4 is 11.9 Å². The van der Waals surface area contributed by atoms with Gasteiger partial charge in [-0.25, -0.2) is 4.98 Å². The van der Waals surface area contributed by atoms with E-state index in [4.69, 9.17) is 9.47 Å². The average Bonchev–Trinajstić information content (AvgIpc) is 2.39. The number of rotatable bonds is 5. The maximum Gasteiger partial charge on any atom is 0.434 e. The number of hydrogen-bond acceptors (Lipinski definition) is 6. The monoisotopic (exact) mass is 306 g/mol. The summed E-state index contributed by atoms with van der Waals surface area (Å²) >= 11 is 0. The molecule has 0 bridgehead atoms. The van der Waals surface area contributed by atoms with Gasteiger partial charge in [0.1, 0.15) is 0 Å². The van der Waals surface area contributed by atoms with Crippen molar-refractivity contribution in [1.82, 2.24) is 9.97 Å². The number of aromatic nitrogens is 2. The molecule has 0 unspecified atom stereocenters. The molecule has 0 aliphatic rings. The predicted molar refractivity (Wildman–Crippen MR) is 63.0 cm³/mol. The first kappa shape index (κ1) is 16.9. The van der Waals surface area contributed by atoms with Crippen molar-refractivity contribution in [2.24, 2.45) is 0 Å². The minimum absolute atomic E-state index is 0.00278. The topological polar surface area (TPSA) is 78.4 Å². The Labute approximate surface area is 118 Å². The zero-order chi connectivity index (χ0) is 16.0. The third-order valence-electron chi connectivity index (χ3n) is 2.30. The molecule has 0 saturated carbocycles. The lowest BCUT2D eigenvalue weighted by molar-refractivity contribution is -0.157. The van der Waals surface area contributed by atoms with Crippen molar-refractivity contribution in [3.63, 3.8) is 0 Å². The Morgan fingerprint density at radius 2 is 1.62 bits per heavy atom. The Bertz CT molecular complexity index is 484. The zero-order valence-corrected chi connectivity index (χ0v) is 11.3. The van der Waals surface area contributed by atoms with E-state index in [-0.39, 0.29) is 18.9 Å². The van der Waals surface area contributed by atoms with Crippen LogP contribution in [0, 0.1) is 0 Å². The molecule has 0 spiro atoms. The summed E-state index contributed by atoms with van der Waals surface area (Å²) in [6, 6.07) is 0. The standard InChI is InChI=1S/C12H13F3N2O4/c1-3-20-10(18)9(11(19)21-4-2)7-5-17-8(6-16-7)12(13,14)15/h5-6,9H,3-4H2,1-2H3. The van der Waals surface area contributed by atoms with E-state index < -0.39 is 29.7 Å². The van der Waals surface area contributed by atoms with E-state index in [0.717, 1.165) is 0 Å². The largest absolute Gasteiger partial charge is 0.465 e. The number of hydrogen-bond donors (Lipinski definition) is 0. The van der Waals surface area contributed by atoms with Gasteiger partial charge >= 0.3 is 18.1 Å². The first-order valence-corrected chi connectivity index (χ1v) is 6.03. The number of ether oxygens (including phenoxy) is 2. The minimum Gasteiger partial charge on any atom is -0.465 e. The molecule has 0 aliphatic carbocycles. The molecule has 1 rings (SSSR count). The van der Waals surface area contributed by atoms with Crippen molar-refractivity contribution < 1.29 is 32.2 Å². The van der Waals surface area contributed by atoms with Gasteiger partial charge in [0, 0.05) is 0 Å². The molecule has 1 aromatic heterocycles. The molecule has 21 heavy (non-hydrogen) atoms. The maximum absolute atomic E-state index is 12.4. The highest BCUT2D eigenvalue weighted by molar-refractivity contribution is 6.00. The lowest BCUT2D eigenvalue weighted by atomic mass is 10.1. The highest BCUT2D eigenvalue weighted by Gasteiger charge is 2.36. The fraction of sp³-hybridized carbons (Fsp3) is 0.500. The van der Waals surface area contributed by atoms with Crippen LogP contribution in [-0.4, -0.2) is 35.1 Å². The summed E-state index contributed by atoms with van der Waals surface area (Å²) in [6.07, 6.45) is -3.50. The van der Waals surface area contributed by atoms with Crippen molar-refractivity contribution in [2.45, 2.75) is 25.9 Å². The Hall–Kier alpha value is -2.19. The summed E-state index contributed by atoms with van der Waals surface area (Å²) in [6.45, 7) is 3.06. The van der Waals surface area contributed by atoms with Gasteiger partial charge in [-0.05, 0) is 13.8 Å². The lowest BCUT2D eigenvalue weighted by Gasteiger charge is -2.14. The smallest absolute Gasteiger partial charge is 0.434 e. The third kappa shape index (κ3) is 4.40. The third-order valence-corrected chi connectivity index (χ3v) is 2.30. The second-order valence-corrected chi connectivity index (χ2v) is 3.76. The summed E-state index contributed by atoms with van der Waals surface area (Å²) in [4.78, 5) is 30.1. The molecule has 0 saturated heterocycles. The van der Waals surface area contributed by atoms with Crippen LogP contribution in [0.5, 0.6) is 0 Å². The number of alkyl halides is 3. The van der Waals surface area contributed by atoms with Crippen LogP contribution in [0.15, 0.2) is 12.4 Å². The van der Waals surface area contributed by atoms with E-state index in [2.05, 4.69) is 9.97 Å². The van der Waals surface area contributed by atoms with Gasteiger partial charge in [-0.15, -0.1) is 0 Å². The van der Waals surface area contributed by atoms with Crippen LogP contribution < -0.4 is 0 Å². The van der Waals surface area contributed by atoms with E-state index in [9.17, 15) is 22.8 Å². The molecule has 0 aromatic carbocycles. The van der Waals surface area contributed by atoms with Crippen LogP contribution in [0.25, 0.3) is 0 Å². The summed E-state index contributed by atoms with van der Waals surface area (Å²) in [5, 5.41) is 0. The van der Waals surface area contributed by atoms with Crippen molar-refractivity contribution in [3.8, 4) is 0 Å². The maximum atomic E-state index is 12.4. The first-order valence-electron chi connectivity index (χ1n) is 6.03. The average molecular weight is 306 g/mol. The summed E-state index contributed by atoms with van der Waals surface area (Å²) < 4.78 is 46.6. The summed E-state index contributed by atoms with van der Waals surface area (Å²) in [5.74, 6) is -3.46. The Morgan fingerprint density at radius 1 is 1.10 bits per heavy atom. The van der Waals surface area contributed by atoms with Crippen molar-refractivity contribution in [3.05, 3.63) is 23.8 Å². The lowest BCUT2D eigenvalue weighted by Crippen LogP contribution is -2.27. The first-order chi connectivity index (χ1) is 9.81. The quantitative estimate of drug-likeness (QED) is 0.608. The molecular weight excluding hydrogens is 293 g/mol. The highest BCUT2D eigenvalue weighted by atomic mass is 19.4. The van der Waals surface area contributed by atoms with E-state index in [1.807, 2.05) is 0 Å². The van der Waals surface area contributed by atoms with E-state index >= 15 is 0 Å². The number of esters is 2. The zero-order valence-electron chi connectivity index (χ0n) is 11.3. The van der Waals surface area contributed by atoms with Crippen LogP contribution >= 0.6 is 0 Å². The number of nitrogens with zero attached hydrogens (tertiary/aromatic N) is 2. The van der Waals surface area contributed by atoms with Crippen molar-refractivity contribution in [1.29, 1.82) is 0 Å². The Kier molecular flexibility index (Phi) is 5.62. The fourth-order valence-corrected chi connectivity index (χ4v) is 1.42. The van der Waals surface area contributed by atoms with E-state index in [1.54, 1.807) is 0 Å². The molecule has 0 amide bonds. The number of halogens is 3. The van der Waals surface area contributed by atoms with Gasteiger partial charge in [0.05, 0.1) is 31.3 Å². The highest BCUT2D eigenvalue weighted by Crippen LogP contribution is 2.27. The van der Waals surface area contributed by atoms with Crippen molar-refractivity contribution in [2.75, 3.05) is 13.2 Å². The Morgan fingerprint density at radius 3 is 1.95 bits per heavy atom. The molecule has 0 fully saturated rings. The normalized spacial score (nSPS) is 11.3. The van der Waals surface area contributed by atoms with E-state index in [0.29, 0.717) is 12.4 Å². The molecule has 0 aliphatic heterocycles. The van der Waals surface area contributed by atoms with Crippen LogP contribution in [0.1, 0.15) is 31.2 Å². The van der Waals surface area contributed by atoms with Gasteiger partial charge in [0.15, 0.2) is 11.6 Å². The predicted octanol–water partition coefficient (Wildman–Crippen LogP) is 1.71. The van der Waals surface area contributed by atoms with Gasteiger partial charge in [-0.2, -0.15) is 13.2 Å². The second kappa shape index (κ2) is 7.00. The van der Waals surface area contributed by atoms with Gasteiger partial charge in [-0.3, -0.25) is 14.6 Å². The summed E-state index contributed by atoms with van der Waals surface area (Å²) in [5.41, 5.74) is -1.49. The number of carbonyl (C=O) groups is 2. The van der Waals surface area contributed by atoms with Gasteiger partial charge < -0.3 is 9.47 Å².